The van der Waals surface area contributed by atoms with Gasteiger partial charge >= 0.3 is 5.97 Å². The van der Waals surface area contributed by atoms with Crippen LogP contribution in [0.3, 0.4) is 0 Å². The van der Waals surface area contributed by atoms with Gasteiger partial charge in [-0.2, -0.15) is 0 Å². The van der Waals surface area contributed by atoms with Crippen molar-refractivity contribution < 1.29 is 24.5 Å². The Morgan fingerprint density at radius 2 is 0.539 bits per heavy atom. The number of carbonyl (C=O) groups excluding carboxylic acids is 2. The van der Waals surface area contributed by atoms with Crippen molar-refractivity contribution in [2.75, 3.05) is 13.2 Å². The Kier molecular flexibility index (Phi) is 65.4. The van der Waals surface area contributed by atoms with Crippen LogP contribution in [-0.2, 0) is 14.3 Å². The van der Waals surface area contributed by atoms with Crippen molar-refractivity contribution in [3.8, 4) is 0 Å². The van der Waals surface area contributed by atoms with Crippen molar-refractivity contribution in [2.24, 2.45) is 0 Å². The maximum absolute atomic E-state index is 12.5. The third-order valence-corrected chi connectivity index (χ3v) is 16.9. The number of rotatable bonds is 67. The second kappa shape index (κ2) is 66.4. The van der Waals surface area contributed by atoms with Crippen LogP contribution in [-0.4, -0.2) is 47.4 Å². The van der Waals surface area contributed by atoms with E-state index in [0.29, 0.717) is 25.9 Å². The lowest BCUT2D eigenvalue weighted by atomic mass is 10.0. The number of ether oxygens (including phenoxy) is 1. The fourth-order valence-electron chi connectivity index (χ4n) is 11.5. The van der Waals surface area contributed by atoms with E-state index in [4.69, 9.17) is 4.74 Å². The number of nitrogens with one attached hydrogen (secondary N) is 1. The van der Waals surface area contributed by atoms with Crippen molar-refractivity contribution in [3.05, 3.63) is 0 Å². The Labute approximate surface area is 476 Å². The number of aliphatic hydroxyl groups is 2. The molecule has 1 amide bonds. The lowest BCUT2D eigenvalue weighted by molar-refractivity contribution is -0.143. The topological polar surface area (TPSA) is 95.9 Å². The normalized spacial score (nSPS) is 12.4. The predicted molar refractivity (Wildman–Crippen MR) is 334 cm³/mol. The minimum absolute atomic E-state index is 0.0188. The van der Waals surface area contributed by atoms with Crippen LogP contribution in [0.2, 0.25) is 0 Å². The predicted octanol–water partition coefficient (Wildman–Crippen LogP) is 22.6. The van der Waals surface area contributed by atoms with Crippen LogP contribution in [0.4, 0.5) is 0 Å². The van der Waals surface area contributed by atoms with Gasteiger partial charge in [0.15, 0.2) is 0 Å². The second-order valence-corrected chi connectivity index (χ2v) is 24.6. The van der Waals surface area contributed by atoms with E-state index in [9.17, 15) is 19.8 Å². The third kappa shape index (κ3) is 62.1. The summed E-state index contributed by atoms with van der Waals surface area (Å²) >= 11 is 0. The van der Waals surface area contributed by atoms with Gasteiger partial charge in [0.25, 0.3) is 0 Å². The molecule has 3 N–H and O–H groups in total. The average molecular weight is 1070 g/mol. The number of hydrogen-bond acceptors (Lipinski definition) is 5. The first-order chi connectivity index (χ1) is 37.5. The van der Waals surface area contributed by atoms with E-state index in [1.54, 1.807) is 0 Å². The molecule has 0 aliphatic rings. The molecule has 76 heavy (non-hydrogen) atoms. The molecule has 0 heterocycles. The van der Waals surface area contributed by atoms with Crippen LogP contribution in [0.1, 0.15) is 412 Å². The Hall–Kier alpha value is -1.14. The highest BCUT2D eigenvalue weighted by Crippen LogP contribution is 2.20. The summed E-state index contributed by atoms with van der Waals surface area (Å²) < 4.78 is 5.51. The van der Waals surface area contributed by atoms with Crippen molar-refractivity contribution in [2.45, 2.75) is 424 Å². The Balaban J connectivity index is 3.35. The summed E-state index contributed by atoms with van der Waals surface area (Å²) in [6.07, 6.45) is 80.0. The monoisotopic (exact) mass is 1070 g/mol. The van der Waals surface area contributed by atoms with E-state index in [1.165, 1.54) is 340 Å². The fraction of sp³-hybridized carbons (Fsp3) is 0.971. The summed E-state index contributed by atoms with van der Waals surface area (Å²) in [7, 11) is 0. The molecule has 0 aromatic rings. The number of unbranched alkanes of at least 4 members (excludes halogenated alkanes) is 56. The zero-order valence-corrected chi connectivity index (χ0v) is 52.0. The largest absolute Gasteiger partial charge is 0.466 e. The van der Waals surface area contributed by atoms with E-state index in [1.807, 2.05) is 0 Å². The highest BCUT2D eigenvalue weighted by atomic mass is 16.5. The minimum Gasteiger partial charge on any atom is -0.466 e. The summed E-state index contributed by atoms with van der Waals surface area (Å²) in [5.74, 6) is -0.0110. The quantitative estimate of drug-likeness (QED) is 0.0417. The molecule has 0 fully saturated rings. The van der Waals surface area contributed by atoms with Gasteiger partial charge in [0.2, 0.25) is 5.91 Å². The summed E-state index contributed by atoms with van der Waals surface area (Å²) in [5, 5.41) is 23.4. The molecule has 2 atom stereocenters. The lowest BCUT2D eigenvalue weighted by Crippen LogP contribution is -2.45. The van der Waals surface area contributed by atoms with Crippen molar-refractivity contribution in [1.82, 2.24) is 5.32 Å². The fourth-order valence-corrected chi connectivity index (χ4v) is 11.5. The van der Waals surface area contributed by atoms with E-state index in [0.717, 1.165) is 38.5 Å². The molecule has 0 saturated carbocycles. The molecular formula is C70H139NO5. The van der Waals surface area contributed by atoms with Gasteiger partial charge in [-0.15, -0.1) is 0 Å². The zero-order valence-electron chi connectivity index (χ0n) is 52.0. The van der Waals surface area contributed by atoms with Gasteiger partial charge in [-0.1, -0.05) is 373 Å². The van der Waals surface area contributed by atoms with Crippen LogP contribution >= 0.6 is 0 Å². The average Bonchev–Trinajstić information content (AvgIpc) is 3.42. The second-order valence-electron chi connectivity index (χ2n) is 24.6. The Bertz CT molecular complexity index is 1100. The van der Waals surface area contributed by atoms with E-state index in [-0.39, 0.29) is 18.5 Å². The van der Waals surface area contributed by atoms with Gasteiger partial charge in [0, 0.05) is 12.8 Å². The van der Waals surface area contributed by atoms with Gasteiger partial charge in [0.1, 0.15) is 0 Å². The molecule has 454 valence electrons. The number of aliphatic hydroxyl groups excluding tert-OH is 2. The summed E-state index contributed by atoms with van der Waals surface area (Å²) in [5.41, 5.74) is 0. The summed E-state index contributed by atoms with van der Waals surface area (Å²) in [4.78, 5) is 24.6. The molecule has 2 unspecified atom stereocenters. The molecule has 6 nitrogen and oxygen atoms in total. The molecule has 0 aromatic heterocycles. The highest BCUT2D eigenvalue weighted by molar-refractivity contribution is 5.76. The van der Waals surface area contributed by atoms with Gasteiger partial charge in [0.05, 0.1) is 25.4 Å². The summed E-state index contributed by atoms with van der Waals surface area (Å²) in [6, 6.07) is -0.541. The lowest BCUT2D eigenvalue weighted by Gasteiger charge is -2.22. The third-order valence-electron chi connectivity index (χ3n) is 16.9. The van der Waals surface area contributed by atoms with Crippen LogP contribution in [0.5, 0.6) is 0 Å². The standard InChI is InChI=1S/C70H139NO5/c1-3-5-7-9-11-13-15-17-19-21-22-27-31-34-38-42-46-50-54-58-62-68(73)67(66-72)71-69(74)63-59-55-51-47-43-39-35-32-28-25-23-24-26-29-33-37-41-45-49-53-57-61-65-76-70(75)64-60-56-52-48-44-40-36-30-20-18-16-14-12-10-8-6-4-2/h67-68,72-73H,3-66H2,1-2H3,(H,71,74). The Morgan fingerprint density at radius 3 is 0.803 bits per heavy atom. The molecule has 0 aromatic carbocycles. The SMILES string of the molecule is CCCCCCCCCCCCCCCCCCCCCCC(O)C(CO)NC(=O)CCCCCCCCCCCCCCCCCCCCCCCCOC(=O)CCCCCCCCCCCCCCCCCCC. The molecule has 0 saturated heterocycles. The molecule has 0 aliphatic carbocycles. The molecular weight excluding hydrogens is 935 g/mol. The molecule has 0 spiro atoms. The van der Waals surface area contributed by atoms with E-state index < -0.39 is 12.1 Å². The van der Waals surface area contributed by atoms with E-state index in [2.05, 4.69) is 19.2 Å². The van der Waals surface area contributed by atoms with Crippen LogP contribution in [0.25, 0.3) is 0 Å². The van der Waals surface area contributed by atoms with Crippen molar-refractivity contribution in [1.29, 1.82) is 0 Å². The van der Waals surface area contributed by atoms with Gasteiger partial charge in [-0.25, -0.2) is 0 Å². The van der Waals surface area contributed by atoms with Crippen molar-refractivity contribution in [3.63, 3.8) is 0 Å². The van der Waals surface area contributed by atoms with Crippen molar-refractivity contribution >= 4 is 11.9 Å². The first-order valence-corrected chi connectivity index (χ1v) is 35.3. The van der Waals surface area contributed by atoms with Crippen LogP contribution in [0, 0.1) is 0 Å². The first-order valence-electron chi connectivity index (χ1n) is 35.3. The van der Waals surface area contributed by atoms with E-state index >= 15 is 0 Å². The number of carbonyl (C=O) groups is 2. The summed E-state index contributed by atoms with van der Waals surface area (Å²) in [6.45, 7) is 5.01. The molecule has 0 radical (unpaired) electrons. The smallest absolute Gasteiger partial charge is 0.305 e. The minimum atomic E-state index is -0.664. The molecule has 6 heteroatoms. The number of amides is 1. The van der Waals surface area contributed by atoms with Gasteiger partial charge < -0.3 is 20.3 Å². The van der Waals surface area contributed by atoms with Crippen LogP contribution in [0.15, 0.2) is 0 Å². The van der Waals surface area contributed by atoms with Gasteiger partial charge in [-0.05, 0) is 25.7 Å². The van der Waals surface area contributed by atoms with Crippen LogP contribution < -0.4 is 5.32 Å². The number of esters is 1. The Morgan fingerprint density at radius 1 is 0.316 bits per heavy atom. The molecule has 0 aliphatic heterocycles. The number of hydrogen-bond donors (Lipinski definition) is 3. The maximum atomic E-state index is 12.5. The maximum Gasteiger partial charge on any atom is 0.305 e. The first kappa shape index (κ1) is 74.9. The zero-order chi connectivity index (χ0) is 55.0. The van der Waals surface area contributed by atoms with Gasteiger partial charge in [-0.3, -0.25) is 9.59 Å². The highest BCUT2D eigenvalue weighted by Gasteiger charge is 2.20. The molecule has 0 rings (SSSR count). The molecule has 0 bridgehead atoms.